The van der Waals surface area contributed by atoms with Crippen molar-refractivity contribution >= 4 is 15.7 Å². The van der Waals surface area contributed by atoms with Crippen molar-refractivity contribution < 1.29 is 22.7 Å². The predicted molar refractivity (Wildman–Crippen MR) is 87.9 cm³/mol. The number of amides is 1. The first-order valence-electron chi connectivity index (χ1n) is 7.66. The van der Waals surface area contributed by atoms with Crippen molar-refractivity contribution in [3.63, 3.8) is 0 Å². The van der Waals surface area contributed by atoms with Crippen LogP contribution in [0.5, 0.6) is 11.5 Å². The molecule has 1 aromatic carbocycles. The summed E-state index contributed by atoms with van der Waals surface area (Å²) < 4.78 is 33.1. The Labute approximate surface area is 137 Å². The van der Waals surface area contributed by atoms with Crippen LogP contribution in [0.2, 0.25) is 0 Å². The highest BCUT2D eigenvalue weighted by Gasteiger charge is 2.27. The van der Waals surface area contributed by atoms with E-state index in [1.165, 1.54) is 7.11 Å². The quantitative estimate of drug-likeness (QED) is 0.763. The van der Waals surface area contributed by atoms with Gasteiger partial charge in [-0.25, -0.2) is 8.42 Å². The molecule has 0 spiro atoms. The molecule has 128 valence electrons. The number of rotatable bonds is 7. The summed E-state index contributed by atoms with van der Waals surface area (Å²) in [5.41, 5.74) is 0.506. The van der Waals surface area contributed by atoms with Gasteiger partial charge in [0.15, 0.2) is 21.3 Å². The second-order valence-corrected chi connectivity index (χ2v) is 7.97. The SMILES string of the molecule is COc1ccc(C(=O)NCCCC2CCS(=O)(=O)C2)cc1OC. The zero-order valence-electron chi connectivity index (χ0n) is 13.5. The van der Waals surface area contributed by atoms with Gasteiger partial charge >= 0.3 is 0 Å². The minimum atomic E-state index is -2.82. The summed E-state index contributed by atoms with van der Waals surface area (Å²) in [6.07, 6.45) is 2.34. The Hall–Kier alpha value is -1.76. The van der Waals surface area contributed by atoms with Gasteiger partial charge in [-0.3, -0.25) is 4.79 Å². The molecule has 0 radical (unpaired) electrons. The van der Waals surface area contributed by atoms with Crippen molar-refractivity contribution in [2.24, 2.45) is 5.92 Å². The molecule has 6 nitrogen and oxygen atoms in total. The summed E-state index contributed by atoms with van der Waals surface area (Å²) >= 11 is 0. The van der Waals surface area contributed by atoms with Crippen LogP contribution in [0.1, 0.15) is 29.6 Å². The number of benzene rings is 1. The van der Waals surface area contributed by atoms with E-state index in [4.69, 9.17) is 9.47 Å². The number of carbonyl (C=O) groups is 1. The van der Waals surface area contributed by atoms with Crippen LogP contribution in [0.3, 0.4) is 0 Å². The van der Waals surface area contributed by atoms with Gasteiger partial charge in [0.25, 0.3) is 5.91 Å². The smallest absolute Gasteiger partial charge is 0.251 e. The number of nitrogens with one attached hydrogen (secondary N) is 1. The van der Waals surface area contributed by atoms with Crippen LogP contribution in [0.25, 0.3) is 0 Å². The van der Waals surface area contributed by atoms with Crippen LogP contribution in [-0.2, 0) is 9.84 Å². The fourth-order valence-electron chi connectivity index (χ4n) is 2.77. The highest BCUT2D eigenvalue weighted by molar-refractivity contribution is 7.91. The molecule has 1 aromatic rings. The molecule has 2 rings (SSSR count). The standard InChI is InChI=1S/C16H23NO5S/c1-21-14-6-5-13(10-15(14)22-2)16(18)17-8-3-4-12-7-9-23(19,20)11-12/h5-6,10,12H,3-4,7-9,11H2,1-2H3,(H,17,18). The monoisotopic (exact) mass is 341 g/mol. The van der Waals surface area contributed by atoms with Gasteiger partial charge in [-0.1, -0.05) is 0 Å². The van der Waals surface area contributed by atoms with Crippen molar-refractivity contribution in [1.82, 2.24) is 5.32 Å². The molecule has 1 saturated heterocycles. The molecule has 23 heavy (non-hydrogen) atoms. The summed E-state index contributed by atoms with van der Waals surface area (Å²) in [4.78, 5) is 12.1. The minimum Gasteiger partial charge on any atom is -0.493 e. The largest absolute Gasteiger partial charge is 0.493 e. The molecule has 1 aliphatic rings. The molecular formula is C16H23NO5S. The van der Waals surface area contributed by atoms with E-state index < -0.39 is 9.84 Å². The minimum absolute atomic E-state index is 0.176. The van der Waals surface area contributed by atoms with Gasteiger partial charge in [-0.2, -0.15) is 0 Å². The molecule has 0 aromatic heterocycles. The van der Waals surface area contributed by atoms with Crippen LogP contribution < -0.4 is 14.8 Å². The number of hydrogen-bond acceptors (Lipinski definition) is 5. The van der Waals surface area contributed by atoms with E-state index in [1.54, 1.807) is 25.3 Å². The first-order valence-corrected chi connectivity index (χ1v) is 9.48. The zero-order chi connectivity index (χ0) is 16.9. The first-order chi connectivity index (χ1) is 10.9. The molecule has 7 heteroatoms. The Morgan fingerprint density at radius 2 is 2.00 bits per heavy atom. The Kier molecular flexibility index (Phi) is 5.87. The second kappa shape index (κ2) is 7.68. The van der Waals surface area contributed by atoms with Crippen molar-refractivity contribution in [3.05, 3.63) is 23.8 Å². The van der Waals surface area contributed by atoms with Gasteiger partial charge in [-0.05, 0) is 43.4 Å². The summed E-state index contributed by atoms with van der Waals surface area (Å²) in [5, 5.41) is 2.85. The van der Waals surface area contributed by atoms with Crippen LogP contribution in [0, 0.1) is 5.92 Å². The number of methoxy groups -OCH3 is 2. The molecular weight excluding hydrogens is 318 g/mol. The molecule has 1 atom stereocenters. The highest BCUT2D eigenvalue weighted by Crippen LogP contribution is 2.27. The fraction of sp³-hybridized carbons (Fsp3) is 0.562. The zero-order valence-corrected chi connectivity index (χ0v) is 14.3. The second-order valence-electron chi connectivity index (χ2n) is 5.74. The summed E-state index contributed by atoms with van der Waals surface area (Å²) in [7, 11) is 0.246. The van der Waals surface area contributed by atoms with E-state index in [1.807, 2.05) is 0 Å². The fourth-order valence-corrected chi connectivity index (χ4v) is 4.68. The lowest BCUT2D eigenvalue weighted by Gasteiger charge is -2.11. The third kappa shape index (κ3) is 4.86. The van der Waals surface area contributed by atoms with Crippen molar-refractivity contribution in [2.45, 2.75) is 19.3 Å². The molecule has 1 fully saturated rings. The van der Waals surface area contributed by atoms with Gasteiger partial charge in [0.1, 0.15) is 0 Å². The number of hydrogen-bond donors (Lipinski definition) is 1. The highest BCUT2D eigenvalue weighted by atomic mass is 32.2. The molecule has 1 heterocycles. The normalized spacial score (nSPS) is 19.3. The maximum Gasteiger partial charge on any atom is 0.251 e. The van der Waals surface area contributed by atoms with Crippen LogP contribution >= 0.6 is 0 Å². The van der Waals surface area contributed by atoms with E-state index in [0.29, 0.717) is 29.4 Å². The lowest BCUT2D eigenvalue weighted by Crippen LogP contribution is -2.25. The van der Waals surface area contributed by atoms with Gasteiger partial charge in [0.05, 0.1) is 25.7 Å². The van der Waals surface area contributed by atoms with E-state index in [9.17, 15) is 13.2 Å². The van der Waals surface area contributed by atoms with Gasteiger partial charge in [0.2, 0.25) is 0 Å². The van der Waals surface area contributed by atoms with Gasteiger partial charge in [-0.15, -0.1) is 0 Å². The molecule has 0 saturated carbocycles. The average molecular weight is 341 g/mol. The van der Waals surface area contributed by atoms with Gasteiger partial charge in [0, 0.05) is 12.1 Å². The Bertz CT molecular complexity index is 656. The summed E-state index contributed by atoms with van der Waals surface area (Å²) in [6.45, 7) is 0.531. The number of ether oxygens (including phenoxy) is 2. The van der Waals surface area contributed by atoms with E-state index in [2.05, 4.69) is 5.32 Å². The van der Waals surface area contributed by atoms with E-state index in [-0.39, 0.29) is 17.6 Å². The number of sulfone groups is 1. The lowest BCUT2D eigenvalue weighted by molar-refractivity contribution is 0.0952. The Morgan fingerprint density at radius 1 is 1.26 bits per heavy atom. The van der Waals surface area contributed by atoms with Crippen molar-refractivity contribution in [1.29, 1.82) is 0 Å². The maximum atomic E-state index is 12.1. The molecule has 0 aliphatic carbocycles. The van der Waals surface area contributed by atoms with Crippen LogP contribution in [0.15, 0.2) is 18.2 Å². The van der Waals surface area contributed by atoms with E-state index >= 15 is 0 Å². The van der Waals surface area contributed by atoms with Crippen LogP contribution in [0.4, 0.5) is 0 Å². The Morgan fingerprint density at radius 3 is 2.61 bits per heavy atom. The molecule has 1 aliphatic heterocycles. The average Bonchev–Trinajstić information content (AvgIpc) is 2.89. The van der Waals surface area contributed by atoms with Gasteiger partial charge < -0.3 is 14.8 Å². The maximum absolute atomic E-state index is 12.1. The van der Waals surface area contributed by atoms with E-state index in [0.717, 1.165) is 19.3 Å². The number of carbonyl (C=O) groups excluding carboxylic acids is 1. The third-order valence-electron chi connectivity index (χ3n) is 4.05. The predicted octanol–water partition coefficient (Wildman–Crippen LogP) is 1.65. The molecule has 1 unspecified atom stereocenters. The third-order valence-corrected chi connectivity index (χ3v) is 5.88. The summed E-state index contributed by atoms with van der Waals surface area (Å²) in [6, 6.07) is 5.01. The molecule has 1 amide bonds. The lowest BCUT2D eigenvalue weighted by atomic mass is 10.0. The molecule has 0 bridgehead atoms. The van der Waals surface area contributed by atoms with Crippen molar-refractivity contribution in [2.75, 3.05) is 32.3 Å². The van der Waals surface area contributed by atoms with Crippen LogP contribution in [-0.4, -0.2) is 46.6 Å². The molecule has 1 N–H and O–H groups in total. The van der Waals surface area contributed by atoms with Crippen molar-refractivity contribution in [3.8, 4) is 11.5 Å². The Balaban J connectivity index is 1.79. The first kappa shape index (κ1) is 17.6. The topological polar surface area (TPSA) is 81.7 Å². The summed E-state index contributed by atoms with van der Waals surface area (Å²) in [5.74, 6) is 1.73.